The number of aliphatic carboxylic acids is 1. The number of rotatable bonds is 2. The highest BCUT2D eigenvalue weighted by Gasteiger charge is 2.28. The van der Waals surface area contributed by atoms with Crippen molar-refractivity contribution in [3.63, 3.8) is 0 Å². The first-order valence-electron chi connectivity index (χ1n) is 5.38. The molecule has 4 heteroatoms. The Kier molecular flexibility index (Phi) is 2.02. The van der Waals surface area contributed by atoms with Gasteiger partial charge in [-0.2, -0.15) is 0 Å². The summed E-state index contributed by atoms with van der Waals surface area (Å²) in [6.45, 7) is 0.266. The Morgan fingerprint density at radius 1 is 1.38 bits per heavy atom. The van der Waals surface area contributed by atoms with Crippen molar-refractivity contribution in [2.45, 2.75) is 25.2 Å². The zero-order valence-corrected chi connectivity index (χ0v) is 8.73. The normalized spacial score (nSPS) is 20.9. The first kappa shape index (κ1) is 9.51. The van der Waals surface area contributed by atoms with Crippen LogP contribution in [0.2, 0.25) is 0 Å². The summed E-state index contributed by atoms with van der Waals surface area (Å²) in [6.07, 6.45) is 2.04. The minimum atomic E-state index is -0.740. The summed E-state index contributed by atoms with van der Waals surface area (Å²) in [5.74, 6) is 0.920. The van der Waals surface area contributed by atoms with Crippen molar-refractivity contribution < 1.29 is 19.4 Å². The summed E-state index contributed by atoms with van der Waals surface area (Å²) in [5.41, 5.74) is 2.32. The molecule has 0 spiro atoms. The molecule has 1 aliphatic heterocycles. The van der Waals surface area contributed by atoms with E-state index >= 15 is 0 Å². The number of carboxylic acids is 1. The molecule has 1 N–H and O–H groups in total. The zero-order valence-electron chi connectivity index (χ0n) is 8.73. The van der Waals surface area contributed by atoms with Crippen LogP contribution in [0.5, 0.6) is 11.5 Å². The predicted octanol–water partition coefficient (Wildman–Crippen LogP) is 1.92. The third-order valence-corrected chi connectivity index (χ3v) is 3.26. The van der Waals surface area contributed by atoms with Crippen LogP contribution in [0.15, 0.2) is 12.1 Å². The number of carbonyl (C=O) groups is 1. The quantitative estimate of drug-likeness (QED) is 0.827. The van der Waals surface area contributed by atoms with Crippen LogP contribution in [0.25, 0.3) is 0 Å². The standard InChI is InChI=1S/C12H12O4/c13-12(14)4-8-2-1-7-3-10-11(5-9(7)8)16-6-15-10/h3,5,8H,1-2,4,6H2,(H,13,14). The van der Waals surface area contributed by atoms with Crippen LogP contribution < -0.4 is 9.47 Å². The van der Waals surface area contributed by atoms with Crippen LogP contribution >= 0.6 is 0 Å². The van der Waals surface area contributed by atoms with Gasteiger partial charge in [-0.1, -0.05) is 0 Å². The Morgan fingerprint density at radius 3 is 2.88 bits per heavy atom. The van der Waals surface area contributed by atoms with E-state index in [1.54, 1.807) is 0 Å². The van der Waals surface area contributed by atoms with Gasteiger partial charge in [0, 0.05) is 0 Å². The number of fused-ring (bicyclic) bond motifs is 2. The second kappa shape index (κ2) is 3.40. The summed E-state index contributed by atoms with van der Waals surface area (Å²) >= 11 is 0. The largest absolute Gasteiger partial charge is 0.481 e. The fraction of sp³-hybridized carbons (Fsp3) is 0.417. The Bertz CT molecular complexity index is 453. The van der Waals surface area contributed by atoms with Crippen molar-refractivity contribution >= 4 is 5.97 Å². The van der Waals surface area contributed by atoms with E-state index in [2.05, 4.69) is 0 Å². The van der Waals surface area contributed by atoms with Crippen molar-refractivity contribution in [3.05, 3.63) is 23.3 Å². The summed E-state index contributed by atoms with van der Waals surface area (Å²) in [6, 6.07) is 3.93. The highest BCUT2D eigenvalue weighted by molar-refractivity contribution is 5.69. The fourth-order valence-corrected chi connectivity index (χ4v) is 2.50. The monoisotopic (exact) mass is 220 g/mol. The van der Waals surface area contributed by atoms with Gasteiger partial charge in [0.15, 0.2) is 11.5 Å². The molecule has 0 aromatic heterocycles. The predicted molar refractivity (Wildman–Crippen MR) is 55.9 cm³/mol. The number of carboxylic acid groups (broad SMARTS) is 1. The molecule has 2 aliphatic rings. The maximum absolute atomic E-state index is 10.7. The molecule has 1 unspecified atom stereocenters. The van der Waals surface area contributed by atoms with E-state index in [9.17, 15) is 4.79 Å². The summed E-state index contributed by atoms with van der Waals surface area (Å²) in [7, 11) is 0. The van der Waals surface area contributed by atoms with Gasteiger partial charge in [0.25, 0.3) is 0 Å². The molecule has 0 saturated carbocycles. The van der Waals surface area contributed by atoms with Gasteiger partial charge in [-0.05, 0) is 42.0 Å². The molecule has 1 heterocycles. The van der Waals surface area contributed by atoms with Crippen molar-refractivity contribution in [2.75, 3.05) is 6.79 Å². The lowest BCUT2D eigenvalue weighted by Gasteiger charge is -2.09. The molecule has 1 aromatic rings. The molecular formula is C12H12O4. The lowest BCUT2D eigenvalue weighted by atomic mass is 9.97. The van der Waals surface area contributed by atoms with Crippen LogP contribution in [0.3, 0.4) is 0 Å². The number of benzene rings is 1. The molecule has 4 nitrogen and oxygen atoms in total. The van der Waals surface area contributed by atoms with Gasteiger partial charge in [-0.15, -0.1) is 0 Å². The van der Waals surface area contributed by atoms with Gasteiger partial charge in [-0.3, -0.25) is 4.79 Å². The van der Waals surface area contributed by atoms with Crippen molar-refractivity contribution in [2.24, 2.45) is 0 Å². The van der Waals surface area contributed by atoms with Gasteiger partial charge < -0.3 is 14.6 Å². The van der Waals surface area contributed by atoms with Gasteiger partial charge in [0.05, 0.1) is 6.42 Å². The summed E-state index contributed by atoms with van der Waals surface area (Å²) < 4.78 is 10.6. The summed E-state index contributed by atoms with van der Waals surface area (Å²) in [4.78, 5) is 10.7. The second-order valence-corrected chi connectivity index (χ2v) is 4.24. The van der Waals surface area contributed by atoms with E-state index in [1.807, 2.05) is 12.1 Å². The average Bonchev–Trinajstić information content (AvgIpc) is 2.81. The highest BCUT2D eigenvalue weighted by Crippen LogP contribution is 2.43. The van der Waals surface area contributed by atoms with E-state index in [1.165, 1.54) is 5.56 Å². The maximum Gasteiger partial charge on any atom is 0.303 e. The maximum atomic E-state index is 10.7. The minimum absolute atomic E-state index is 0.127. The van der Waals surface area contributed by atoms with Crippen LogP contribution in [-0.2, 0) is 11.2 Å². The molecular weight excluding hydrogens is 208 g/mol. The van der Waals surface area contributed by atoms with Crippen molar-refractivity contribution in [3.8, 4) is 11.5 Å². The van der Waals surface area contributed by atoms with Gasteiger partial charge >= 0.3 is 5.97 Å². The topological polar surface area (TPSA) is 55.8 Å². The van der Waals surface area contributed by atoms with E-state index in [0.717, 1.165) is 29.9 Å². The Labute approximate surface area is 92.8 Å². The van der Waals surface area contributed by atoms with Gasteiger partial charge in [-0.25, -0.2) is 0 Å². The molecule has 0 bridgehead atoms. The van der Waals surface area contributed by atoms with Crippen molar-refractivity contribution in [1.82, 2.24) is 0 Å². The van der Waals surface area contributed by atoms with Crippen LogP contribution in [-0.4, -0.2) is 17.9 Å². The molecule has 0 saturated heterocycles. The zero-order chi connectivity index (χ0) is 11.1. The SMILES string of the molecule is O=C(O)CC1CCc2cc3c(cc21)OCO3. The second-order valence-electron chi connectivity index (χ2n) is 4.24. The van der Waals surface area contributed by atoms with Crippen molar-refractivity contribution in [1.29, 1.82) is 0 Å². The Balaban J connectivity index is 1.96. The smallest absolute Gasteiger partial charge is 0.303 e. The third kappa shape index (κ3) is 1.41. The molecule has 0 amide bonds. The first-order valence-corrected chi connectivity index (χ1v) is 5.38. The van der Waals surface area contributed by atoms with Crippen LogP contribution in [0.4, 0.5) is 0 Å². The minimum Gasteiger partial charge on any atom is -0.481 e. The first-order chi connectivity index (χ1) is 7.74. The van der Waals surface area contributed by atoms with E-state index in [-0.39, 0.29) is 19.1 Å². The number of hydrogen-bond acceptors (Lipinski definition) is 3. The lowest BCUT2D eigenvalue weighted by molar-refractivity contribution is -0.137. The number of hydrogen-bond donors (Lipinski definition) is 1. The Morgan fingerprint density at radius 2 is 2.12 bits per heavy atom. The van der Waals surface area contributed by atoms with Crippen LogP contribution in [0.1, 0.15) is 29.9 Å². The van der Waals surface area contributed by atoms with Crippen LogP contribution in [0, 0.1) is 0 Å². The van der Waals surface area contributed by atoms with E-state index < -0.39 is 5.97 Å². The molecule has 16 heavy (non-hydrogen) atoms. The molecule has 1 aliphatic carbocycles. The van der Waals surface area contributed by atoms with Gasteiger partial charge in [0.2, 0.25) is 6.79 Å². The molecule has 1 atom stereocenters. The molecule has 1 aromatic carbocycles. The number of ether oxygens (including phenoxy) is 2. The van der Waals surface area contributed by atoms with E-state index in [4.69, 9.17) is 14.6 Å². The molecule has 0 fully saturated rings. The molecule has 84 valence electrons. The summed E-state index contributed by atoms with van der Waals surface area (Å²) in [5, 5.41) is 8.84. The number of aryl methyl sites for hydroxylation is 1. The van der Waals surface area contributed by atoms with Gasteiger partial charge in [0.1, 0.15) is 0 Å². The molecule has 0 radical (unpaired) electrons. The lowest BCUT2D eigenvalue weighted by Crippen LogP contribution is -2.03. The average molecular weight is 220 g/mol. The molecule has 3 rings (SSSR count). The fourth-order valence-electron chi connectivity index (χ4n) is 2.50. The third-order valence-electron chi connectivity index (χ3n) is 3.26. The highest BCUT2D eigenvalue weighted by atomic mass is 16.7. The Hall–Kier alpha value is -1.71. The van der Waals surface area contributed by atoms with E-state index in [0.29, 0.717) is 0 Å².